The number of benzene rings is 9. The Hall–Kier alpha value is -8.11. The molecule has 0 atom stereocenters. The molecule has 9 rings (SSSR count). The van der Waals surface area contributed by atoms with Crippen LogP contribution in [-0.4, -0.2) is 44.3 Å². The second kappa shape index (κ2) is 62.7. The molecule has 0 aromatic heterocycles. The minimum atomic E-state index is -5.40. The van der Waals surface area contributed by atoms with Gasteiger partial charge in [0.05, 0.1) is 14.2 Å². The first-order valence-electron chi connectivity index (χ1n) is 35.8. The SMILES string of the molecule is CC.CC(C)(C)C.CC(F)(F)C(F)(F)F.CC(F)(F)F.CCC.CCC(C)C.COc1ccc(C)cc1.COc1ccccc1.CSC(F)(F)F.Cc1ccc(C(C)(C)C)cc1.Cc1ccc(C)cc1.Cc1ccc(C)cc1.Cc1ccc(C)cc1.Cc1ccc(F)cc1.Cc1cccc(Oc2ccccc2)c1. The number of halogens is 12. The van der Waals surface area contributed by atoms with E-state index in [9.17, 15) is 52.7 Å². The predicted octanol–water partition coefficient (Wildman–Crippen LogP) is 32.0. The van der Waals surface area contributed by atoms with Crippen molar-refractivity contribution in [3.63, 3.8) is 0 Å². The summed E-state index contributed by atoms with van der Waals surface area (Å²) in [5.74, 6) is -0.263. The van der Waals surface area contributed by atoms with E-state index in [0.717, 1.165) is 40.7 Å². The van der Waals surface area contributed by atoms with E-state index < -0.39 is 23.8 Å². The summed E-state index contributed by atoms with van der Waals surface area (Å²) in [7, 11) is 3.33. The van der Waals surface area contributed by atoms with Gasteiger partial charge in [0.15, 0.2) is 0 Å². The summed E-state index contributed by atoms with van der Waals surface area (Å²) in [5, 5.41) is 0. The molecule has 0 N–H and O–H groups in total. The molecular weight excluding hydrogens is 1410 g/mol. The van der Waals surface area contributed by atoms with Crippen molar-refractivity contribution >= 4 is 11.8 Å². The highest BCUT2D eigenvalue weighted by Gasteiger charge is 2.53. The van der Waals surface area contributed by atoms with Gasteiger partial charge < -0.3 is 14.2 Å². The molecule has 108 heavy (non-hydrogen) atoms. The summed E-state index contributed by atoms with van der Waals surface area (Å²) in [6.45, 7) is 51.1. The number of alkyl halides is 11. The van der Waals surface area contributed by atoms with E-state index in [1.54, 1.807) is 26.4 Å². The summed E-state index contributed by atoms with van der Waals surface area (Å²) in [5.41, 5.74) is 11.0. The Bertz CT molecular complexity index is 3150. The average Bonchev–Trinajstić information content (AvgIpc) is 0.877. The lowest BCUT2D eigenvalue weighted by Gasteiger charge is -2.18. The van der Waals surface area contributed by atoms with Crippen LogP contribution >= 0.6 is 11.8 Å². The van der Waals surface area contributed by atoms with Gasteiger partial charge in [-0.05, 0) is 164 Å². The van der Waals surface area contributed by atoms with Crippen molar-refractivity contribution in [2.24, 2.45) is 11.3 Å². The van der Waals surface area contributed by atoms with Gasteiger partial charge in [-0.25, -0.2) is 4.39 Å². The van der Waals surface area contributed by atoms with Crippen molar-refractivity contribution in [3.8, 4) is 23.0 Å². The summed E-state index contributed by atoms with van der Waals surface area (Å²) < 4.78 is 146. The summed E-state index contributed by atoms with van der Waals surface area (Å²) in [6, 6.07) is 76.0. The Morgan fingerprint density at radius 2 is 0.556 bits per heavy atom. The van der Waals surface area contributed by atoms with Crippen molar-refractivity contribution in [2.45, 2.75) is 222 Å². The molecule has 0 saturated heterocycles. The third kappa shape index (κ3) is 82.0. The van der Waals surface area contributed by atoms with Gasteiger partial charge in [-0.2, -0.15) is 48.3 Å². The monoisotopic (exact) mass is 1540 g/mol. The quantitative estimate of drug-likeness (QED) is 0.161. The topological polar surface area (TPSA) is 27.7 Å². The van der Waals surface area contributed by atoms with Crippen LogP contribution in [0.2, 0.25) is 0 Å². The van der Waals surface area contributed by atoms with Crippen molar-refractivity contribution in [2.75, 3.05) is 20.5 Å². The third-order valence-electron chi connectivity index (χ3n) is 12.3. The molecule has 9 aromatic rings. The van der Waals surface area contributed by atoms with Gasteiger partial charge in [-0.3, -0.25) is 0 Å². The van der Waals surface area contributed by atoms with E-state index >= 15 is 0 Å². The smallest absolute Gasteiger partial charge is 0.452 e. The van der Waals surface area contributed by atoms with Gasteiger partial charge in [0.25, 0.3) is 0 Å². The maximum Gasteiger partial charge on any atom is 0.452 e. The molecule has 0 spiro atoms. The highest BCUT2D eigenvalue weighted by molar-refractivity contribution is 7.99. The van der Waals surface area contributed by atoms with Crippen molar-refractivity contribution in [1.29, 1.82) is 0 Å². The number of hydrogen-bond donors (Lipinski definition) is 0. The van der Waals surface area contributed by atoms with Crippen LogP contribution in [0.25, 0.3) is 0 Å². The first-order valence-corrected chi connectivity index (χ1v) is 37.0. The standard InChI is InChI=1S/C13H12O.C11H16.C8H10O.3C8H10.C7H7F.C7H8O.2C5H12.C3H3F5.C3H8.C2H3F3S.C2H3F3.C2H6/c1-11-6-5-9-13(10-11)14-12-7-3-2-4-8-12;1-9-5-7-10(8-6-9)11(2,3)4;1-7-3-5-8(9-2)6-4-7;3*1-7-3-5-8(2)6-4-7;1-6-2-4-7(8)5-3-6;1-8-7-5-3-2-4-6-7;1-5(2,3)4;1-4-5(2)3;1-2(4,5)3(6,7)8;1-3-2;1-6-2(3,4)5;1-2(3,4)5;1-2/h2-10H,1H3;5-8H,1-4H3;3-6H,1-2H3;3*3-6H,1-2H3;2-5H,1H3;2-6H,1H3;1-4H3;5H,4H2,1-3H3;1H3;3H2,1-2H3;1H3;1H3;1-2H3. The Balaban J connectivity index is -0.000000262. The number of methoxy groups -OCH3 is 2. The molecule has 0 fully saturated rings. The zero-order valence-electron chi connectivity index (χ0n) is 70.1. The third-order valence-corrected chi connectivity index (χ3v) is 12.8. The van der Waals surface area contributed by atoms with Crippen LogP contribution in [0.5, 0.6) is 23.0 Å². The maximum atomic E-state index is 12.1. The van der Waals surface area contributed by atoms with Gasteiger partial charge in [0.2, 0.25) is 0 Å². The zero-order valence-corrected chi connectivity index (χ0v) is 70.9. The molecule has 0 unspecified atom stereocenters. The van der Waals surface area contributed by atoms with Crippen LogP contribution in [0, 0.1) is 86.4 Å². The van der Waals surface area contributed by atoms with E-state index in [4.69, 9.17) is 14.2 Å². The van der Waals surface area contributed by atoms with Crippen molar-refractivity contribution in [1.82, 2.24) is 0 Å². The number of thioether (sulfide) groups is 1. The highest BCUT2D eigenvalue weighted by atomic mass is 32.2. The van der Waals surface area contributed by atoms with E-state index in [1.807, 2.05) is 124 Å². The number of ether oxygens (including phenoxy) is 3. The Morgan fingerprint density at radius 3 is 0.750 bits per heavy atom. The van der Waals surface area contributed by atoms with Crippen molar-refractivity contribution in [3.05, 3.63) is 298 Å². The molecule has 606 valence electrons. The second-order valence-electron chi connectivity index (χ2n) is 27.5. The molecule has 0 bridgehead atoms. The van der Waals surface area contributed by atoms with Crippen LogP contribution in [-0.2, 0) is 5.41 Å². The van der Waals surface area contributed by atoms with Gasteiger partial charge in [-0.1, -0.05) is 341 Å². The average molecular weight is 1540 g/mol. The summed E-state index contributed by atoms with van der Waals surface area (Å²) >= 11 is -0.118. The minimum absolute atomic E-state index is 0.118. The van der Waals surface area contributed by atoms with Crippen LogP contribution in [0.4, 0.5) is 52.7 Å². The van der Waals surface area contributed by atoms with E-state index in [2.05, 4.69) is 249 Å². The highest BCUT2D eigenvalue weighted by Crippen LogP contribution is 2.34. The molecule has 0 amide bonds. The largest absolute Gasteiger partial charge is 0.497 e. The maximum absolute atomic E-state index is 12.1. The Kier molecular flexibility index (Phi) is 64.4. The van der Waals surface area contributed by atoms with Crippen LogP contribution in [0.15, 0.2) is 231 Å². The molecule has 0 radical (unpaired) electrons. The Labute approximate surface area is 649 Å². The summed E-state index contributed by atoms with van der Waals surface area (Å²) in [6.07, 6.45) is -5.84. The molecule has 9 aromatic carbocycles. The fraction of sp³-hybridized carbons (Fsp3) is 0.413. The van der Waals surface area contributed by atoms with E-state index in [0.29, 0.717) is 5.41 Å². The number of rotatable bonds is 5. The molecule has 0 heterocycles. The minimum Gasteiger partial charge on any atom is -0.497 e. The van der Waals surface area contributed by atoms with Gasteiger partial charge >= 0.3 is 23.8 Å². The first-order chi connectivity index (χ1) is 49.7. The van der Waals surface area contributed by atoms with Crippen LogP contribution in [0.3, 0.4) is 0 Å². The second-order valence-corrected chi connectivity index (χ2v) is 28.3. The fourth-order valence-electron chi connectivity index (χ4n) is 6.03. The summed E-state index contributed by atoms with van der Waals surface area (Å²) in [4.78, 5) is 0. The van der Waals surface area contributed by atoms with Crippen LogP contribution in [0.1, 0.15) is 185 Å². The predicted molar refractivity (Wildman–Crippen MR) is 443 cm³/mol. The lowest BCUT2D eigenvalue weighted by atomic mass is 9.87. The molecule has 0 aliphatic carbocycles. The molecule has 0 aliphatic rings. The lowest BCUT2D eigenvalue weighted by Crippen LogP contribution is -2.32. The van der Waals surface area contributed by atoms with E-state index in [1.165, 1.54) is 80.6 Å². The van der Waals surface area contributed by atoms with Crippen LogP contribution < -0.4 is 14.2 Å². The van der Waals surface area contributed by atoms with Gasteiger partial charge in [0, 0.05) is 13.8 Å². The molecular formula is C92H130F12O3S. The van der Waals surface area contributed by atoms with E-state index in [-0.39, 0.29) is 36.8 Å². The zero-order chi connectivity index (χ0) is 84.9. The van der Waals surface area contributed by atoms with Crippen molar-refractivity contribution < 1.29 is 66.9 Å². The normalized spacial score (nSPS) is 10.1. The number of aryl methyl sites for hydroxylation is 10. The first kappa shape index (κ1) is 111. The molecule has 0 aliphatic heterocycles. The van der Waals surface area contributed by atoms with Gasteiger partial charge in [-0.15, -0.1) is 0 Å². The number of para-hydroxylation sites is 2. The van der Waals surface area contributed by atoms with Gasteiger partial charge in [0.1, 0.15) is 28.8 Å². The molecule has 16 heteroatoms. The molecule has 3 nitrogen and oxygen atoms in total. The number of hydrogen-bond acceptors (Lipinski definition) is 4. The fourth-order valence-corrected chi connectivity index (χ4v) is 6.03. The lowest BCUT2D eigenvalue weighted by molar-refractivity contribution is -0.273. The molecule has 0 saturated carbocycles. The Morgan fingerprint density at radius 1 is 0.343 bits per heavy atom.